The van der Waals surface area contributed by atoms with Crippen molar-refractivity contribution in [2.24, 2.45) is 5.92 Å². The van der Waals surface area contributed by atoms with Crippen LogP contribution in [0.15, 0.2) is 84.5 Å². The van der Waals surface area contributed by atoms with Gasteiger partial charge in [-0.15, -0.1) is 0 Å². The lowest BCUT2D eigenvalue weighted by atomic mass is 9.98. The third kappa shape index (κ3) is 9.91. The summed E-state index contributed by atoms with van der Waals surface area (Å²) < 4.78 is 12.7. The molecule has 31 heavy (non-hydrogen) atoms. The molecule has 0 amide bonds. The molecule has 3 nitrogen and oxygen atoms in total. The van der Waals surface area contributed by atoms with Gasteiger partial charge in [-0.05, 0) is 43.7 Å². The minimum atomic E-state index is -0.218. The first-order valence-corrected chi connectivity index (χ1v) is 11.2. The molecule has 2 aromatic rings. The predicted molar refractivity (Wildman–Crippen MR) is 128 cm³/mol. The van der Waals surface area contributed by atoms with E-state index in [0.717, 1.165) is 30.3 Å². The maximum absolute atomic E-state index is 10.8. The first kappa shape index (κ1) is 24.8. The summed E-state index contributed by atoms with van der Waals surface area (Å²) in [5.41, 5.74) is 3.46. The molecule has 0 bridgehead atoms. The number of allylic oxidation sites excluding steroid dienone is 2. The number of benzene rings is 2. The van der Waals surface area contributed by atoms with Gasteiger partial charge in [-0.3, -0.25) is 0 Å². The fraction of sp³-hybridized carbons (Fsp3) is 0.393. The van der Waals surface area contributed by atoms with Crippen molar-refractivity contribution in [3.8, 4) is 0 Å². The first-order chi connectivity index (χ1) is 15.1. The molecule has 0 unspecified atom stereocenters. The van der Waals surface area contributed by atoms with Crippen molar-refractivity contribution >= 4 is 6.29 Å². The quantitative estimate of drug-likeness (QED) is 0.252. The highest BCUT2D eigenvalue weighted by Crippen LogP contribution is 2.19. The van der Waals surface area contributed by atoms with E-state index in [9.17, 15) is 4.79 Å². The minimum absolute atomic E-state index is 0.200. The average Bonchev–Trinajstić information content (AvgIpc) is 2.80. The van der Waals surface area contributed by atoms with Gasteiger partial charge in [0, 0.05) is 6.42 Å². The van der Waals surface area contributed by atoms with Crippen LogP contribution in [0.4, 0.5) is 0 Å². The summed E-state index contributed by atoms with van der Waals surface area (Å²) in [4.78, 5) is 10.8. The smallest absolute Gasteiger partial charge is 0.120 e. The molecule has 2 aromatic carbocycles. The van der Waals surface area contributed by atoms with E-state index in [-0.39, 0.29) is 12.2 Å². The molecular formula is C28H36O3. The second-order valence-corrected chi connectivity index (χ2v) is 8.06. The second kappa shape index (κ2) is 14.5. The molecule has 0 saturated carbocycles. The zero-order valence-corrected chi connectivity index (χ0v) is 19.1. The largest absolute Gasteiger partial charge is 0.366 e. The SMILES string of the molecule is CC[C@@H](/C=C/[C@H](OCc1ccccc1)[C@H](C=C(C)C)OCc1ccccc1)CCC=O. The molecule has 3 atom stereocenters. The lowest BCUT2D eigenvalue weighted by Gasteiger charge is -2.24. The molecule has 0 aromatic heterocycles. The molecule has 0 heterocycles. The van der Waals surface area contributed by atoms with Crippen LogP contribution in [0.25, 0.3) is 0 Å². The molecule has 0 saturated heterocycles. The number of hydrogen-bond donors (Lipinski definition) is 0. The fourth-order valence-electron chi connectivity index (χ4n) is 3.34. The van der Waals surface area contributed by atoms with Gasteiger partial charge in [0.05, 0.1) is 13.2 Å². The van der Waals surface area contributed by atoms with Gasteiger partial charge in [0.1, 0.15) is 18.5 Å². The Morgan fingerprint density at radius 3 is 1.87 bits per heavy atom. The number of ether oxygens (including phenoxy) is 2. The van der Waals surface area contributed by atoms with Crippen LogP contribution in [0.2, 0.25) is 0 Å². The predicted octanol–water partition coefficient (Wildman–Crippen LogP) is 6.68. The van der Waals surface area contributed by atoms with Crippen molar-refractivity contribution in [1.82, 2.24) is 0 Å². The van der Waals surface area contributed by atoms with E-state index < -0.39 is 0 Å². The van der Waals surface area contributed by atoms with Crippen molar-refractivity contribution in [2.75, 3.05) is 0 Å². The van der Waals surface area contributed by atoms with Crippen molar-refractivity contribution in [3.05, 3.63) is 95.6 Å². The van der Waals surface area contributed by atoms with Crippen LogP contribution in [-0.4, -0.2) is 18.5 Å². The zero-order chi connectivity index (χ0) is 22.3. The van der Waals surface area contributed by atoms with Crippen LogP contribution >= 0.6 is 0 Å². The van der Waals surface area contributed by atoms with Crippen LogP contribution in [0, 0.1) is 5.92 Å². The molecule has 0 fully saturated rings. The Balaban J connectivity index is 2.18. The summed E-state index contributed by atoms with van der Waals surface area (Å²) in [7, 11) is 0. The van der Waals surface area contributed by atoms with E-state index in [4.69, 9.17) is 9.47 Å². The molecule has 0 aliphatic heterocycles. The molecule has 0 radical (unpaired) electrons. The number of rotatable bonds is 14. The molecule has 166 valence electrons. The standard InChI is InChI=1S/C28H36O3/c1-4-24(16-11-19-29)17-18-27(30-21-25-12-7-5-8-13-25)28(20-23(2)3)31-22-26-14-9-6-10-15-26/h5-10,12-15,17-20,24,27-28H,4,11,16,21-22H2,1-3H3/b18-17+/t24-,27+,28+/m1/s1. The Labute approximate surface area is 187 Å². The Hall–Kier alpha value is -2.49. The van der Waals surface area contributed by atoms with E-state index in [2.05, 4.69) is 63.3 Å². The minimum Gasteiger partial charge on any atom is -0.366 e. The molecule has 0 N–H and O–H groups in total. The van der Waals surface area contributed by atoms with E-state index in [1.165, 1.54) is 5.57 Å². The number of carbonyl (C=O) groups is 1. The summed E-state index contributed by atoms with van der Waals surface area (Å²) in [5.74, 6) is 0.356. The number of aldehydes is 1. The summed E-state index contributed by atoms with van der Waals surface area (Å²) in [6, 6.07) is 20.4. The van der Waals surface area contributed by atoms with Crippen molar-refractivity contribution in [2.45, 2.75) is 65.5 Å². The Morgan fingerprint density at radius 2 is 1.39 bits per heavy atom. The van der Waals surface area contributed by atoms with E-state index in [1.807, 2.05) is 36.4 Å². The van der Waals surface area contributed by atoms with Gasteiger partial charge in [0.2, 0.25) is 0 Å². The summed E-state index contributed by atoms with van der Waals surface area (Å²) in [6.07, 6.45) is 9.46. The van der Waals surface area contributed by atoms with Crippen molar-refractivity contribution in [1.29, 1.82) is 0 Å². The van der Waals surface area contributed by atoms with Gasteiger partial charge in [-0.2, -0.15) is 0 Å². The van der Waals surface area contributed by atoms with Crippen LogP contribution in [-0.2, 0) is 27.5 Å². The van der Waals surface area contributed by atoms with Crippen LogP contribution in [0.1, 0.15) is 51.2 Å². The highest BCUT2D eigenvalue weighted by atomic mass is 16.5. The third-order valence-electron chi connectivity index (χ3n) is 5.14. The Kier molecular flexibility index (Phi) is 11.6. The number of carbonyl (C=O) groups excluding carboxylic acids is 1. The highest BCUT2D eigenvalue weighted by Gasteiger charge is 2.20. The fourth-order valence-corrected chi connectivity index (χ4v) is 3.34. The maximum Gasteiger partial charge on any atom is 0.120 e. The van der Waals surface area contributed by atoms with Gasteiger partial charge >= 0.3 is 0 Å². The van der Waals surface area contributed by atoms with Crippen molar-refractivity contribution in [3.63, 3.8) is 0 Å². The monoisotopic (exact) mass is 420 g/mol. The van der Waals surface area contributed by atoms with Crippen LogP contribution in [0.5, 0.6) is 0 Å². The average molecular weight is 421 g/mol. The highest BCUT2D eigenvalue weighted by molar-refractivity contribution is 5.49. The van der Waals surface area contributed by atoms with Gasteiger partial charge in [-0.1, -0.05) is 91.4 Å². The van der Waals surface area contributed by atoms with Gasteiger partial charge in [0.25, 0.3) is 0 Å². The summed E-state index contributed by atoms with van der Waals surface area (Å²) in [6.45, 7) is 7.35. The molecule has 0 spiro atoms. The van der Waals surface area contributed by atoms with Gasteiger partial charge < -0.3 is 14.3 Å². The third-order valence-corrected chi connectivity index (χ3v) is 5.14. The summed E-state index contributed by atoms with van der Waals surface area (Å²) >= 11 is 0. The van der Waals surface area contributed by atoms with E-state index >= 15 is 0 Å². The van der Waals surface area contributed by atoms with Crippen LogP contribution in [0.3, 0.4) is 0 Å². The van der Waals surface area contributed by atoms with Gasteiger partial charge in [0.15, 0.2) is 0 Å². The zero-order valence-electron chi connectivity index (χ0n) is 19.1. The van der Waals surface area contributed by atoms with E-state index in [1.54, 1.807) is 0 Å². The number of hydrogen-bond acceptors (Lipinski definition) is 3. The van der Waals surface area contributed by atoms with E-state index in [0.29, 0.717) is 25.6 Å². The molecule has 0 aliphatic rings. The van der Waals surface area contributed by atoms with Crippen LogP contribution < -0.4 is 0 Å². The lowest BCUT2D eigenvalue weighted by Crippen LogP contribution is -2.29. The Morgan fingerprint density at radius 1 is 0.839 bits per heavy atom. The maximum atomic E-state index is 10.8. The first-order valence-electron chi connectivity index (χ1n) is 11.2. The molecule has 0 aliphatic carbocycles. The normalized spacial score (nSPS) is 14.2. The summed E-state index contributed by atoms with van der Waals surface area (Å²) in [5, 5.41) is 0. The molecular weight excluding hydrogens is 384 g/mol. The molecule has 3 heteroatoms. The Bertz CT molecular complexity index is 792. The molecule has 2 rings (SSSR count). The topological polar surface area (TPSA) is 35.5 Å². The van der Waals surface area contributed by atoms with Gasteiger partial charge in [-0.25, -0.2) is 0 Å². The lowest BCUT2D eigenvalue weighted by molar-refractivity contribution is -0.108. The second-order valence-electron chi connectivity index (χ2n) is 8.06. The van der Waals surface area contributed by atoms with Crippen molar-refractivity contribution < 1.29 is 14.3 Å².